The van der Waals surface area contributed by atoms with Gasteiger partial charge in [-0.15, -0.1) is 11.3 Å². The Morgan fingerprint density at radius 3 is 2.67 bits per heavy atom. The van der Waals surface area contributed by atoms with Gasteiger partial charge in [-0.25, -0.2) is 9.37 Å². The molecule has 0 N–H and O–H groups in total. The lowest BCUT2D eigenvalue weighted by molar-refractivity contribution is -0.196. The molecule has 8 heteroatoms. The van der Waals surface area contributed by atoms with Crippen LogP contribution in [0.25, 0.3) is 4.96 Å². The number of aromatic nitrogens is 2. The number of benzene rings is 1. The highest BCUT2D eigenvalue weighted by Gasteiger charge is 2.50. The zero-order valence-electron chi connectivity index (χ0n) is 17.2. The molecular weight excluding hydrogens is 403 g/mol. The van der Waals surface area contributed by atoms with Gasteiger partial charge < -0.3 is 9.64 Å². The Morgan fingerprint density at radius 1 is 1.30 bits per heavy atom. The van der Waals surface area contributed by atoms with Crippen molar-refractivity contribution in [2.45, 2.75) is 38.9 Å². The van der Waals surface area contributed by atoms with Gasteiger partial charge in [0.05, 0.1) is 36.7 Å². The fourth-order valence-electron chi connectivity index (χ4n) is 4.35. The average molecular weight is 429 g/mol. The van der Waals surface area contributed by atoms with E-state index in [-0.39, 0.29) is 16.9 Å². The lowest BCUT2D eigenvalue weighted by atomic mass is 9.82. The molecule has 158 valence electrons. The number of hydrogen-bond donors (Lipinski definition) is 0. The second-order valence-corrected chi connectivity index (χ2v) is 9.37. The van der Waals surface area contributed by atoms with Crippen molar-refractivity contribution < 1.29 is 9.13 Å². The van der Waals surface area contributed by atoms with E-state index in [1.165, 1.54) is 18.6 Å². The van der Waals surface area contributed by atoms with Crippen molar-refractivity contribution in [2.75, 3.05) is 31.2 Å². The summed E-state index contributed by atoms with van der Waals surface area (Å²) in [6, 6.07) is 8.05. The Labute approximate surface area is 178 Å². The van der Waals surface area contributed by atoms with E-state index in [4.69, 9.17) is 9.72 Å². The van der Waals surface area contributed by atoms with Crippen molar-refractivity contribution in [1.82, 2.24) is 14.3 Å². The maximum atomic E-state index is 13.3. The molecule has 1 spiro atoms. The number of fused-ring (bicyclic) bond motifs is 1. The van der Waals surface area contributed by atoms with E-state index in [2.05, 4.69) is 16.7 Å². The first-order chi connectivity index (χ1) is 14.5. The molecule has 2 aliphatic heterocycles. The number of nitrogens with zero attached hydrogens (tertiary/aromatic N) is 4. The predicted octanol–water partition coefficient (Wildman–Crippen LogP) is 3.20. The second kappa shape index (κ2) is 7.44. The van der Waals surface area contributed by atoms with Crippen LogP contribution in [0, 0.1) is 12.7 Å². The molecule has 6 nitrogen and oxygen atoms in total. The van der Waals surface area contributed by atoms with E-state index in [0.29, 0.717) is 6.54 Å². The van der Waals surface area contributed by atoms with Crippen LogP contribution in [0.3, 0.4) is 0 Å². The van der Waals surface area contributed by atoms with Crippen molar-refractivity contribution in [3.8, 4) is 0 Å². The molecule has 0 radical (unpaired) electrons. The van der Waals surface area contributed by atoms with Gasteiger partial charge in [-0.2, -0.15) is 0 Å². The Kier molecular flexibility index (Phi) is 4.88. The summed E-state index contributed by atoms with van der Waals surface area (Å²) in [5.41, 5.74) is 2.83. The summed E-state index contributed by atoms with van der Waals surface area (Å²) in [5, 5.41) is 0. The van der Waals surface area contributed by atoms with Crippen molar-refractivity contribution in [3.05, 3.63) is 62.8 Å². The Bertz CT molecular complexity index is 1130. The van der Waals surface area contributed by atoms with E-state index in [9.17, 15) is 9.18 Å². The number of aryl methyl sites for hydroxylation is 1. The third kappa shape index (κ3) is 3.23. The lowest BCUT2D eigenvalue weighted by Gasteiger charge is -2.57. The minimum Gasteiger partial charge on any atom is -0.377 e. The molecule has 0 unspecified atom stereocenters. The van der Waals surface area contributed by atoms with E-state index >= 15 is 0 Å². The smallest absolute Gasteiger partial charge is 0.259 e. The quantitative estimate of drug-likeness (QED) is 0.604. The van der Waals surface area contributed by atoms with Gasteiger partial charge in [0.2, 0.25) is 0 Å². The number of rotatable bonds is 6. The third-order valence-corrected chi connectivity index (χ3v) is 7.39. The van der Waals surface area contributed by atoms with Crippen LogP contribution >= 0.6 is 11.3 Å². The summed E-state index contributed by atoms with van der Waals surface area (Å²) >= 11 is 1.57. The average Bonchev–Trinajstić information content (AvgIpc) is 2.98. The van der Waals surface area contributed by atoms with Crippen LogP contribution in [0.15, 0.2) is 35.1 Å². The number of ether oxygens (including phenoxy) is 1. The van der Waals surface area contributed by atoms with E-state index in [1.54, 1.807) is 33.9 Å². The molecule has 2 saturated heterocycles. The summed E-state index contributed by atoms with van der Waals surface area (Å²) in [6.45, 7) is 8.73. The Morgan fingerprint density at radius 2 is 2.07 bits per heavy atom. The summed E-state index contributed by atoms with van der Waals surface area (Å²) in [5.74, 6) is -0.258. The fraction of sp³-hybridized carbons (Fsp3) is 0.455. The van der Waals surface area contributed by atoms with Crippen LogP contribution in [-0.4, -0.2) is 46.1 Å². The zero-order chi connectivity index (χ0) is 20.9. The highest BCUT2D eigenvalue weighted by molar-refractivity contribution is 7.17. The maximum absolute atomic E-state index is 13.3. The minimum atomic E-state index is -0.258. The van der Waals surface area contributed by atoms with E-state index in [0.717, 1.165) is 59.8 Å². The van der Waals surface area contributed by atoms with Crippen LogP contribution in [0.1, 0.15) is 29.6 Å². The van der Waals surface area contributed by atoms with Gasteiger partial charge in [0, 0.05) is 36.3 Å². The zero-order valence-corrected chi connectivity index (χ0v) is 18.0. The van der Waals surface area contributed by atoms with Crippen molar-refractivity contribution in [1.29, 1.82) is 0 Å². The Balaban J connectivity index is 1.43. The summed E-state index contributed by atoms with van der Waals surface area (Å²) in [7, 11) is 0. The number of anilines is 1. The molecule has 3 aromatic rings. The normalized spacial score (nSPS) is 17.8. The molecule has 0 bridgehead atoms. The Hall–Kier alpha value is -2.29. The molecule has 0 saturated carbocycles. The van der Waals surface area contributed by atoms with Crippen molar-refractivity contribution >= 4 is 22.0 Å². The first-order valence-corrected chi connectivity index (χ1v) is 11.1. The lowest BCUT2D eigenvalue weighted by Crippen LogP contribution is -2.70. The van der Waals surface area contributed by atoms with Crippen LogP contribution in [0.5, 0.6) is 0 Å². The number of thiazole rings is 1. The molecule has 0 aliphatic carbocycles. The van der Waals surface area contributed by atoms with Gasteiger partial charge in [0.25, 0.3) is 5.56 Å². The van der Waals surface area contributed by atoms with Crippen LogP contribution < -0.4 is 10.5 Å². The van der Waals surface area contributed by atoms with Crippen LogP contribution in [-0.2, 0) is 17.8 Å². The largest absolute Gasteiger partial charge is 0.377 e. The first-order valence-electron chi connectivity index (χ1n) is 10.3. The summed E-state index contributed by atoms with van der Waals surface area (Å²) in [6.07, 6.45) is 1.17. The molecule has 2 aliphatic rings. The molecule has 0 amide bonds. The molecule has 4 heterocycles. The molecule has 1 aromatic carbocycles. The van der Waals surface area contributed by atoms with Crippen LogP contribution in [0.4, 0.5) is 10.1 Å². The molecular formula is C22H25FN4O2S. The predicted molar refractivity (Wildman–Crippen MR) is 116 cm³/mol. The topological polar surface area (TPSA) is 50.1 Å². The van der Waals surface area contributed by atoms with Gasteiger partial charge in [0.15, 0.2) is 4.96 Å². The van der Waals surface area contributed by atoms with Crippen molar-refractivity contribution in [3.63, 3.8) is 0 Å². The van der Waals surface area contributed by atoms with Crippen molar-refractivity contribution in [2.24, 2.45) is 0 Å². The molecule has 2 aromatic heterocycles. The van der Waals surface area contributed by atoms with Crippen LogP contribution in [0.2, 0.25) is 0 Å². The van der Waals surface area contributed by atoms with Gasteiger partial charge in [0.1, 0.15) is 5.82 Å². The summed E-state index contributed by atoms with van der Waals surface area (Å²) < 4.78 is 20.5. The minimum absolute atomic E-state index is 0.0380. The SMILES string of the molecule is CCN(Cc1cc(=O)n2c(CN3CCC34COC4)c(C)sc2n1)c1ccc(F)cc1. The second-order valence-electron chi connectivity index (χ2n) is 8.19. The molecule has 0 atom stereocenters. The third-order valence-electron chi connectivity index (χ3n) is 6.39. The fourth-order valence-corrected chi connectivity index (χ4v) is 5.35. The first kappa shape index (κ1) is 19.7. The highest BCUT2D eigenvalue weighted by Crippen LogP contribution is 2.39. The molecule has 5 rings (SSSR count). The standard InChI is InChI=1S/C22H25FN4O2S/c1-3-25(18-6-4-16(23)5-7-18)11-17-10-20(28)27-19(15(2)30-21(27)24-17)12-26-9-8-22(26)13-29-14-22/h4-7,10H,3,8-9,11-14H2,1-2H3. The maximum Gasteiger partial charge on any atom is 0.259 e. The van der Waals surface area contributed by atoms with E-state index < -0.39 is 0 Å². The highest BCUT2D eigenvalue weighted by atomic mass is 32.1. The molecule has 30 heavy (non-hydrogen) atoms. The number of halogens is 1. The summed E-state index contributed by atoms with van der Waals surface area (Å²) in [4.78, 5) is 24.2. The van der Waals surface area contributed by atoms with Gasteiger partial charge in [-0.05, 0) is 44.5 Å². The van der Waals surface area contributed by atoms with E-state index in [1.807, 2.05) is 6.92 Å². The van der Waals surface area contributed by atoms with Gasteiger partial charge in [-0.1, -0.05) is 0 Å². The van der Waals surface area contributed by atoms with Gasteiger partial charge in [-0.3, -0.25) is 14.1 Å². The molecule has 2 fully saturated rings. The number of likely N-dealkylation sites (tertiary alicyclic amines) is 1. The van der Waals surface area contributed by atoms with Gasteiger partial charge >= 0.3 is 0 Å². The number of hydrogen-bond acceptors (Lipinski definition) is 6. The monoisotopic (exact) mass is 428 g/mol.